The second-order valence-corrected chi connectivity index (χ2v) is 10.8. The predicted molar refractivity (Wildman–Crippen MR) is 144 cm³/mol. The minimum absolute atomic E-state index is 0. The van der Waals surface area contributed by atoms with Crippen LogP contribution in [0.15, 0.2) is 54.6 Å². The zero-order valence-corrected chi connectivity index (χ0v) is 21.4. The van der Waals surface area contributed by atoms with E-state index in [4.69, 9.17) is 25.6 Å². The topological polar surface area (TPSA) is 122 Å². The number of hydrogen-bond acceptors (Lipinski definition) is 6. The Labute approximate surface area is 244 Å². The molecule has 0 atom stereocenters. The van der Waals surface area contributed by atoms with Crippen molar-refractivity contribution in [3.63, 3.8) is 0 Å². The third kappa shape index (κ3) is 11.3. The molecule has 1 saturated carbocycles. The molecule has 0 spiro atoms. The van der Waals surface area contributed by atoms with Crippen molar-refractivity contribution in [2.24, 2.45) is 11.8 Å². The summed E-state index contributed by atoms with van der Waals surface area (Å²) in [5.74, 6) is -0.409. The van der Waals surface area contributed by atoms with E-state index in [9.17, 15) is 18.0 Å². The number of hydrogen-bond donors (Lipinski definition) is 2. The first-order valence-corrected chi connectivity index (χ1v) is 13.8. The van der Waals surface area contributed by atoms with Gasteiger partial charge >= 0.3 is 35.7 Å². The van der Waals surface area contributed by atoms with Crippen LogP contribution in [-0.4, -0.2) is 86.6 Å². The molecule has 2 aromatic rings. The summed E-state index contributed by atoms with van der Waals surface area (Å²) in [6, 6.07) is 16.3. The first-order valence-electron chi connectivity index (χ1n) is 11.8. The quantitative estimate of drug-likeness (QED) is 0.315. The monoisotopic (exact) mass is 562 g/mol. The Balaban J connectivity index is 0.00000481. The Hall–Kier alpha value is -1.66. The molecule has 0 radical (unpaired) electrons. The number of carbonyl (C=O) groups is 2. The van der Waals surface area contributed by atoms with Crippen molar-refractivity contribution < 1.29 is 32.0 Å². The fraction of sp³-hybridized carbons (Fsp3) is 0.440. The molecule has 1 fully saturated rings. The second-order valence-electron chi connectivity index (χ2n) is 8.76. The summed E-state index contributed by atoms with van der Waals surface area (Å²) in [5, 5.41) is 2.97. The summed E-state index contributed by atoms with van der Waals surface area (Å²) >= 11 is 6.01. The molecule has 9 nitrogen and oxygen atoms in total. The van der Waals surface area contributed by atoms with E-state index >= 15 is 0 Å². The molecule has 3 rings (SSSR count). The third-order valence-corrected chi connectivity index (χ3v) is 6.93. The van der Waals surface area contributed by atoms with Gasteiger partial charge in [0, 0.05) is 11.6 Å². The zero-order chi connectivity index (χ0) is 26.0. The number of ether oxygens (including phenoxy) is 2. The SMILES string of the molecule is O=C(COCC1CCC(COC(=O)N(c2ccccc2)c2ccc(Cl)cc2)CC1)NCCS(=O)(=O)O.[NaH]. The number of para-hydroxylation sites is 1. The molecule has 0 saturated heterocycles. The van der Waals surface area contributed by atoms with Gasteiger partial charge in [-0.1, -0.05) is 29.8 Å². The van der Waals surface area contributed by atoms with Crippen LogP contribution in [0.25, 0.3) is 0 Å². The zero-order valence-electron chi connectivity index (χ0n) is 19.8. The van der Waals surface area contributed by atoms with Gasteiger partial charge in [0.25, 0.3) is 10.1 Å². The molecule has 0 heterocycles. The van der Waals surface area contributed by atoms with E-state index in [2.05, 4.69) is 5.32 Å². The molecule has 2 N–H and O–H groups in total. The summed E-state index contributed by atoms with van der Waals surface area (Å²) in [6.45, 7) is 0.420. The molecule has 0 aliphatic heterocycles. The fourth-order valence-electron chi connectivity index (χ4n) is 4.03. The molecule has 0 aromatic heterocycles. The summed E-state index contributed by atoms with van der Waals surface area (Å²) in [7, 11) is -4.10. The summed E-state index contributed by atoms with van der Waals surface area (Å²) in [5.41, 5.74) is 1.37. The standard InChI is InChI=1S/C25H31ClN2O7S.Na.H/c26-21-10-12-23(13-11-21)28(22-4-2-1-3-5-22)25(30)35-17-20-8-6-19(7-9-20)16-34-18-24(29)27-14-15-36(31,32)33;;/h1-5,10-13,19-20H,6-9,14-18H2,(H,27,29)(H,31,32,33);;. The van der Waals surface area contributed by atoms with Gasteiger partial charge in [-0.3, -0.25) is 9.35 Å². The molecule has 2 amide bonds. The van der Waals surface area contributed by atoms with E-state index < -0.39 is 27.9 Å². The van der Waals surface area contributed by atoms with Gasteiger partial charge in [0.2, 0.25) is 5.91 Å². The summed E-state index contributed by atoms with van der Waals surface area (Å²) in [4.78, 5) is 26.2. The van der Waals surface area contributed by atoms with Gasteiger partial charge in [-0.05, 0) is 73.9 Å². The Morgan fingerprint density at radius 2 is 1.51 bits per heavy atom. The summed E-state index contributed by atoms with van der Waals surface area (Å²) < 4.78 is 41.1. The molecular weight excluding hydrogens is 531 g/mol. The van der Waals surface area contributed by atoms with Crippen molar-refractivity contribution in [2.45, 2.75) is 25.7 Å². The molecule has 0 bridgehead atoms. The number of rotatable bonds is 11. The van der Waals surface area contributed by atoms with E-state index in [1.165, 1.54) is 4.90 Å². The second kappa shape index (κ2) is 15.7. The van der Waals surface area contributed by atoms with Gasteiger partial charge in [0.05, 0.1) is 30.3 Å². The number of amides is 2. The van der Waals surface area contributed by atoms with E-state index in [1.54, 1.807) is 24.3 Å². The van der Waals surface area contributed by atoms with Crippen LogP contribution in [0.4, 0.5) is 16.2 Å². The van der Waals surface area contributed by atoms with E-state index in [1.807, 2.05) is 30.3 Å². The molecule has 1 aliphatic carbocycles. The maximum absolute atomic E-state index is 13.0. The fourth-order valence-corrected chi connectivity index (χ4v) is 4.52. The summed E-state index contributed by atoms with van der Waals surface area (Å²) in [6.07, 6.45) is 3.11. The Morgan fingerprint density at radius 3 is 2.11 bits per heavy atom. The van der Waals surface area contributed by atoms with Crippen LogP contribution in [0.5, 0.6) is 0 Å². The van der Waals surface area contributed by atoms with Crippen molar-refractivity contribution in [2.75, 3.05) is 37.0 Å². The Morgan fingerprint density at radius 1 is 0.946 bits per heavy atom. The minimum atomic E-state index is -4.10. The van der Waals surface area contributed by atoms with Crippen LogP contribution < -0.4 is 10.2 Å². The molecule has 1 aliphatic rings. The first kappa shape index (κ1) is 31.6. The first-order chi connectivity index (χ1) is 17.2. The maximum atomic E-state index is 13.0. The number of halogens is 1. The molecule has 37 heavy (non-hydrogen) atoms. The van der Waals surface area contributed by atoms with Crippen molar-refractivity contribution in [1.82, 2.24) is 5.32 Å². The number of benzene rings is 2. The Bertz CT molecular complexity index is 1100. The van der Waals surface area contributed by atoms with Crippen molar-refractivity contribution in [3.8, 4) is 0 Å². The number of nitrogens with one attached hydrogen (secondary N) is 1. The third-order valence-electron chi connectivity index (χ3n) is 5.96. The average molecular weight is 563 g/mol. The van der Waals surface area contributed by atoms with Gasteiger partial charge in [0.1, 0.15) is 6.61 Å². The van der Waals surface area contributed by atoms with Crippen molar-refractivity contribution in [3.05, 3.63) is 59.6 Å². The van der Waals surface area contributed by atoms with Crippen LogP contribution in [0.2, 0.25) is 5.02 Å². The van der Waals surface area contributed by atoms with E-state index in [-0.39, 0.29) is 48.6 Å². The van der Waals surface area contributed by atoms with Gasteiger partial charge < -0.3 is 14.8 Å². The van der Waals surface area contributed by atoms with Gasteiger partial charge in [-0.2, -0.15) is 8.42 Å². The van der Waals surface area contributed by atoms with Gasteiger partial charge in [-0.15, -0.1) is 0 Å². The number of nitrogens with zero attached hydrogens (tertiary/aromatic N) is 1. The van der Waals surface area contributed by atoms with Crippen LogP contribution in [0, 0.1) is 11.8 Å². The van der Waals surface area contributed by atoms with Crippen LogP contribution in [0.1, 0.15) is 25.7 Å². The van der Waals surface area contributed by atoms with Gasteiger partial charge in [-0.25, -0.2) is 9.69 Å². The Kier molecular flexibility index (Phi) is 13.4. The normalized spacial score (nSPS) is 17.4. The molecular formula is C25H32ClN2NaO7S. The molecule has 12 heteroatoms. The number of anilines is 2. The average Bonchev–Trinajstić information content (AvgIpc) is 2.85. The molecule has 0 unspecified atom stereocenters. The van der Waals surface area contributed by atoms with Crippen LogP contribution in [0.3, 0.4) is 0 Å². The molecule has 198 valence electrons. The van der Waals surface area contributed by atoms with Crippen molar-refractivity contribution >= 4 is 74.7 Å². The van der Waals surface area contributed by atoms with E-state index in [0.717, 1.165) is 25.7 Å². The van der Waals surface area contributed by atoms with E-state index in [0.29, 0.717) is 35.5 Å². The van der Waals surface area contributed by atoms with Crippen LogP contribution >= 0.6 is 11.6 Å². The van der Waals surface area contributed by atoms with Crippen molar-refractivity contribution in [1.29, 1.82) is 0 Å². The predicted octanol–water partition coefficient (Wildman–Crippen LogP) is 3.79. The van der Waals surface area contributed by atoms with Crippen LogP contribution in [-0.2, 0) is 24.4 Å². The van der Waals surface area contributed by atoms with Gasteiger partial charge in [0.15, 0.2) is 0 Å². The molecule has 2 aromatic carbocycles. The number of carbonyl (C=O) groups excluding carboxylic acids is 2.